The minimum absolute atomic E-state index is 0.296. The third kappa shape index (κ3) is 1.74. The van der Waals surface area contributed by atoms with E-state index in [-0.39, 0.29) is 5.82 Å². The van der Waals surface area contributed by atoms with E-state index < -0.39 is 0 Å². The Hall–Kier alpha value is -0.960. The van der Waals surface area contributed by atoms with Crippen molar-refractivity contribution in [2.75, 3.05) is 5.73 Å². The molecule has 0 aromatic heterocycles. The van der Waals surface area contributed by atoms with Crippen molar-refractivity contribution in [3.05, 3.63) is 36.0 Å². The molecule has 1 rings (SSSR count). The van der Waals surface area contributed by atoms with Gasteiger partial charge in [-0.15, -0.1) is 0 Å². The number of anilines is 1. The van der Waals surface area contributed by atoms with Crippen LogP contribution >= 0.6 is 11.8 Å². The van der Waals surface area contributed by atoms with Crippen molar-refractivity contribution in [3.8, 4) is 0 Å². The molecule has 1 nitrogen and oxygen atoms in total. The van der Waals surface area contributed by atoms with E-state index in [0.29, 0.717) is 10.6 Å². The van der Waals surface area contributed by atoms with Crippen LogP contribution in [0.1, 0.15) is 0 Å². The highest BCUT2D eigenvalue weighted by Crippen LogP contribution is 2.27. The summed E-state index contributed by atoms with van der Waals surface area (Å²) >= 11 is 1.19. The molecule has 58 valence electrons. The smallest absolute Gasteiger partial charge is 0.139 e. The van der Waals surface area contributed by atoms with E-state index in [2.05, 4.69) is 6.58 Å². The van der Waals surface area contributed by atoms with Crippen LogP contribution in [0.3, 0.4) is 0 Å². The Kier molecular flexibility index (Phi) is 2.54. The number of nitrogens with two attached hydrogens (primary N) is 1. The molecule has 0 amide bonds. The summed E-state index contributed by atoms with van der Waals surface area (Å²) in [5.41, 5.74) is 5.95. The first-order chi connectivity index (χ1) is 5.25. The van der Waals surface area contributed by atoms with Gasteiger partial charge in [0.1, 0.15) is 5.82 Å². The van der Waals surface area contributed by atoms with Crippen LogP contribution in [-0.4, -0.2) is 0 Å². The second-order valence-electron chi connectivity index (χ2n) is 1.94. The highest BCUT2D eigenvalue weighted by atomic mass is 32.2. The monoisotopic (exact) mass is 169 g/mol. The highest BCUT2D eigenvalue weighted by molar-refractivity contribution is 8.02. The van der Waals surface area contributed by atoms with E-state index in [0.717, 1.165) is 0 Å². The van der Waals surface area contributed by atoms with Gasteiger partial charge in [-0.2, -0.15) is 0 Å². The molecule has 11 heavy (non-hydrogen) atoms. The maximum Gasteiger partial charge on any atom is 0.139 e. The molecule has 0 heterocycles. The molecule has 2 N–H and O–H groups in total. The first-order valence-corrected chi connectivity index (χ1v) is 3.95. The fraction of sp³-hybridized carbons (Fsp3) is 0. The fourth-order valence-corrected chi connectivity index (χ4v) is 1.28. The third-order valence-electron chi connectivity index (χ3n) is 1.20. The van der Waals surface area contributed by atoms with E-state index in [1.165, 1.54) is 17.8 Å². The SMILES string of the molecule is C=CSc1c(N)cccc1F. The topological polar surface area (TPSA) is 26.0 Å². The Morgan fingerprint density at radius 1 is 1.55 bits per heavy atom. The largest absolute Gasteiger partial charge is 0.398 e. The first-order valence-electron chi connectivity index (χ1n) is 3.07. The first kappa shape index (κ1) is 8.14. The quantitative estimate of drug-likeness (QED) is 0.544. The van der Waals surface area contributed by atoms with Gasteiger partial charge in [0.15, 0.2) is 0 Å². The lowest BCUT2D eigenvalue weighted by Gasteiger charge is -2.01. The van der Waals surface area contributed by atoms with Gasteiger partial charge >= 0.3 is 0 Å². The molecule has 0 unspecified atom stereocenters. The van der Waals surface area contributed by atoms with E-state index in [4.69, 9.17) is 5.73 Å². The molecule has 0 aliphatic heterocycles. The van der Waals surface area contributed by atoms with Crippen LogP contribution in [0.2, 0.25) is 0 Å². The van der Waals surface area contributed by atoms with Gasteiger partial charge in [-0.3, -0.25) is 0 Å². The van der Waals surface area contributed by atoms with Crippen LogP contribution < -0.4 is 5.73 Å². The Balaban J connectivity index is 3.09. The summed E-state index contributed by atoms with van der Waals surface area (Å²) in [4.78, 5) is 0.447. The molecule has 0 atom stereocenters. The zero-order valence-corrected chi connectivity index (χ0v) is 6.70. The van der Waals surface area contributed by atoms with Crippen molar-refractivity contribution in [2.45, 2.75) is 4.90 Å². The minimum Gasteiger partial charge on any atom is -0.398 e. The standard InChI is InChI=1S/C8H8FNS/c1-2-11-8-6(9)4-3-5-7(8)10/h2-5H,1,10H2. The van der Waals surface area contributed by atoms with E-state index >= 15 is 0 Å². The summed E-state index contributed by atoms with van der Waals surface area (Å²) in [5.74, 6) is -0.296. The lowest BCUT2D eigenvalue weighted by Crippen LogP contribution is -1.89. The summed E-state index contributed by atoms with van der Waals surface area (Å²) in [5, 5.41) is 1.55. The number of benzene rings is 1. The molecule has 3 heteroatoms. The van der Waals surface area contributed by atoms with Gasteiger partial charge in [-0.1, -0.05) is 24.4 Å². The minimum atomic E-state index is -0.296. The molecule has 0 radical (unpaired) electrons. The lowest BCUT2D eigenvalue weighted by molar-refractivity contribution is 0.604. The van der Waals surface area contributed by atoms with Crippen LogP contribution in [0, 0.1) is 5.82 Å². The van der Waals surface area contributed by atoms with Crippen molar-refractivity contribution in [3.63, 3.8) is 0 Å². The van der Waals surface area contributed by atoms with Gasteiger partial charge in [0.05, 0.1) is 4.90 Å². The zero-order valence-electron chi connectivity index (χ0n) is 5.88. The second kappa shape index (κ2) is 3.44. The van der Waals surface area contributed by atoms with Crippen LogP contribution in [0.15, 0.2) is 35.1 Å². The third-order valence-corrected chi connectivity index (χ3v) is 2.03. The normalized spacial score (nSPS) is 9.55. The van der Waals surface area contributed by atoms with Gasteiger partial charge in [-0.05, 0) is 17.5 Å². The number of hydrogen-bond acceptors (Lipinski definition) is 2. The van der Waals surface area contributed by atoms with Gasteiger partial charge in [0, 0.05) is 5.69 Å². The predicted molar refractivity (Wildman–Crippen MR) is 46.9 cm³/mol. The van der Waals surface area contributed by atoms with Crippen LogP contribution in [0.4, 0.5) is 10.1 Å². The van der Waals surface area contributed by atoms with Crippen molar-refractivity contribution in [1.82, 2.24) is 0 Å². The average Bonchev–Trinajstić information content (AvgIpc) is 1.97. The lowest BCUT2D eigenvalue weighted by atomic mass is 10.3. The molecule has 0 saturated heterocycles. The molecular weight excluding hydrogens is 161 g/mol. The number of rotatable bonds is 2. The molecule has 0 fully saturated rings. The van der Waals surface area contributed by atoms with E-state index in [9.17, 15) is 4.39 Å². The summed E-state index contributed by atoms with van der Waals surface area (Å²) < 4.78 is 12.9. The molecular formula is C8H8FNS. The molecule has 0 bridgehead atoms. The van der Waals surface area contributed by atoms with Crippen molar-refractivity contribution >= 4 is 17.4 Å². The van der Waals surface area contributed by atoms with Crippen LogP contribution in [0.5, 0.6) is 0 Å². The van der Waals surface area contributed by atoms with Crippen molar-refractivity contribution < 1.29 is 4.39 Å². The number of hydrogen-bond donors (Lipinski definition) is 1. The second-order valence-corrected chi connectivity index (χ2v) is 2.92. The Morgan fingerprint density at radius 2 is 2.27 bits per heavy atom. The zero-order chi connectivity index (χ0) is 8.27. The molecule has 1 aromatic rings. The highest BCUT2D eigenvalue weighted by Gasteiger charge is 2.03. The number of nitrogen functional groups attached to an aromatic ring is 1. The molecule has 0 spiro atoms. The van der Waals surface area contributed by atoms with Gasteiger partial charge in [-0.25, -0.2) is 4.39 Å². The van der Waals surface area contributed by atoms with Crippen LogP contribution in [-0.2, 0) is 0 Å². The Bertz CT molecular complexity index is 253. The van der Waals surface area contributed by atoms with E-state index in [1.54, 1.807) is 17.5 Å². The fourth-order valence-electron chi connectivity index (χ4n) is 0.733. The van der Waals surface area contributed by atoms with Crippen molar-refractivity contribution in [2.24, 2.45) is 0 Å². The summed E-state index contributed by atoms with van der Waals surface area (Å²) in [6.45, 7) is 3.48. The number of thioether (sulfide) groups is 1. The van der Waals surface area contributed by atoms with Crippen molar-refractivity contribution in [1.29, 1.82) is 0 Å². The predicted octanol–water partition coefficient (Wildman–Crippen LogP) is 2.64. The molecule has 0 saturated carbocycles. The summed E-state index contributed by atoms with van der Waals surface area (Å²) in [7, 11) is 0. The molecule has 0 aliphatic carbocycles. The van der Waals surface area contributed by atoms with Gasteiger partial charge in [0.25, 0.3) is 0 Å². The van der Waals surface area contributed by atoms with Crippen LogP contribution in [0.25, 0.3) is 0 Å². The number of halogens is 1. The average molecular weight is 169 g/mol. The Morgan fingerprint density at radius 3 is 2.82 bits per heavy atom. The van der Waals surface area contributed by atoms with Gasteiger partial charge < -0.3 is 5.73 Å². The molecule has 0 aliphatic rings. The maximum atomic E-state index is 12.9. The van der Waals surface area contributed by atoms with E-state index in [1.807, 2.05) is 0 Å². The molecule has 1 aromatic carbocycles. The van der Waals surface area contributed by atoms with Gasteiger partial charge in [0.2, 0.25) is 0 Å². The summed E-state index contributed by atoms with van der Waals surface area (Å²) in [6.07, 6.45) is 0. The summed E-state index contributed by atoms with van der Waals surface area (Å²) in [6, 6.07) is 4.62. The Labute approximate surface area is 69.1 Å². The maximum absolute atomic E-state index is 12.9.